The largest absolute Gasteiger partial charge is 0.378 e. The minimum absolute atomic E-state index is 0.287. The summed E-state index contributed by atoms with van der Waals surface area (Å²) < 4.78 is 11.0. The average molecular weight is 279 g/mol. The Kier molecular flexibility index (Phi) is 4.68. The van der Waals surface area contributed by atoms with Crippen LogP contribution in [0.15, 0.2) is 4.52 Å². The van der Waals surface area contributed by atoms with Crippen molar-refractivity contribution in [1.82, 2.24) is 15.5 Å². The summed E-state index contributed by atoms with van der Waals surface area (Å²) >= 11 is 0. The van der Waals surface area contributed by atoms with Gasteiger partial charge in [-0.2, -0.15) is 4.98 Å². The van der Waals surface area contributed by atoms with Crippen LogP contribution in [0.5, 0.6) is 0 Å². The lowest BCUT2D eigenvalue weighted by Gasteiger charge is -2.20. The van der Waals surface area contributed by atoms with Crippen LogP contribution < -0.4 is 5.32 Å². The number of likely N-dealkylation sites (N-methyl/N-ethyl adjacent to an activating group) is 1. The summed E-state index contributed by atoms with van der Waals surface area (Å²) in [5.74, 6) is 2.32. The molecule has 2 heterocycles. The van der Waals surface area contributed by atoms with E-state index in [1.807, 2.05) is 7.05 Å². The van der Waals surface area contributed by atoms with Gasteiger partial charge in [0.25, 0.3) is 0 Å². The summed E-state index contributed by atoms with van der Waals surface area (Å²) in [6.07, 6.45) is 9.55. The van der Waals surface area contributed by atoms with Crippen molar-refractivity contribution in [1.29, 1.82) is 0 Å². The smallest absolute Gasteiger partial charge is 0.228 e. The Labute approximate surface area is 120 Å². The quantitative estimate of drug-likeness (QED) is 0.864. The molecule has 2 fully saturated rings. The maximum Gasteiger partial charge on any atom is 0.228 e. The highest BCUT2D eigenvalue weighted by Gasteiger charge is 2.26. The van der Waals surface area contributed by atoms with Crippen LogP contribution in [0.3, 0.4) is 0 Å². The molecule has 0 spiro atoms. The van der Waals surface area contributed by atoms with Gasteiger partial charge in [0.05, 0.1) is 6.10 Å². The predicted molar refractivity (Wildman–Crippen MR) is 75.5 cm³/mol. The zero-order valence-electron chi connectivity index (χ0n) is 12.3. The van der Waals surface area contributed by atoms with Crippen LogP contribution in [0.4, 0.5) is 0 Å². The van der Waals surface area contributed by atoms with Crippen molar-refractivity contribution >= 4 is 0 Å². The van der Waals surface area contributed by atoms with Crippen LogP contribution in [0.25, 0.3) is 0 Å². The van der Waals surface area contributed by atoms with Gasteiger partial charge in [-0.25, -0.2) is 0 Å². The van der Waals surface area contributed by atoms with E-state index in [1.54, 1.807) is 0 Å². The number of nitrogens with zero attached hydrogens (tertiary/aromatic N) is 2. The molecule has 1 N–H and O–H groups in total. The van der Waals surface area contributed by atoms with Crippen LogP contribution in [0.1, 0.15) is 50.2 Å². The van der Waals surface area contributed by atoms with Crippen molar-refractivity contribution in [3.63, 3.8) is 0 Å². The maximum atomic E-state index is 5.62. The molecule has 1 saturated heterocycles. The van der Waals surface area contributed by atoms with E-state index >= 15 is 0 Å². The summed E-state index contributed by atoms with van der Waals surface area (Å²) in [6.45, 7) is 0.874. The van der Waals surface area contributed by atoms with Crippen LogP contribution in [0, 0.1) is 5.92 Å². The predicted octanol–water partition coefficient (Wildman–Crippen LogP) is 2.11. The number of nitrogens with one attached hydrogen (secondary N) is 1. The highest BCUT2D eigenvalue weighted by Crippen LogP contribution is 2.29. The molecule has 0 bridgehead atoms. The second-order valence-electron chi connectivity index (χ2n) is 6.09. The Morgan fingerprint density at radius 1 is 1.25 bits per heavy atom. The topological polar surface area (TPSA) is 60.2 Å². The fraction of sp³-hybridized carbons (Fsp3) is 0.867. The van der Waals surface area contributed by atoms with E-state index in [1.165, 1.54) is 25.7 Å². The van der Waals surface area contributed by atoms with Gasteiger partial charge in [-0.15, -0.1) is 0 Å². The van der Waals surface area contributed by atoms with Crippen LogP contribution in [0.2, 0.25) is 0 Å². The summed E-state index contributed by atoms with van der Waals surface area (Å²) in [6, 6.07) is 0.466. The van der Waals surface area contributed by atoms with Crippen molar-refractivity contribution in [3.05, 3.63) is 11.7 Å². The van der Waals surface area contributed by atoms with Crippen LogP contribution in [-0.2, 0) is 17.6 Å². The zero-order chi connectivity index (χ0) is 13.8. The molecule has 2 aliphatic rings. The van der Waals surface area contributed by atoms with Crippen molar-refractivity contribution in [2.75, 3.05) is 13.7 Å². The molecular formula is C15H25N3O2. The molecular weight excluding hydrogens is 254 g/mol. The van der Waals surface area contributed by atoms with Gasteiger partial charge >= 0.3 is 0 Å². The van der Waals surface area contributed by atoms with Gasteiger partial charge in [-0.3, -0.25) is 0 Å². The number of hydrogen-bond acceptors (Lipinski definition) is 5. The van der Waals surface area contributed by atoms with Gasteiger partial charge in [-0.05, 0) is 38.6 Å². The molecule has 0 radical (unpaired) electrons. The Bertz CT molecular complexity index is 409. The highest BCUT2D eigenvalue weighted by atomic mass is 16.5. The van der Waals surface area contributed by atoms with Gasteiger partial charge < -0.3 is 14.6 Å². The van der Waals surface area contributed by atoms with E-state index < -0.39 is 0 Å². The van der Waals surface area contributed by atoms with E-state index in [2.05, 4.69) is 15.5 Å². The molecule has 3 rings (SSSR count). The van der Waals surface area contributed by atoms with E-state index in [-0.39, 0.29) is 6.10 Å². The van der Waals surface area contributed by atoms with E-state index in [0.29, 0.717) is 6.04 Å². The third-order valence-electron chi connectivity index (χ3n) is 4.68. The Morgan fingerprint density at radius 2 is 2.10 bits per heavy atom. The standard InChI is InChI=1S/C15H25N3O2/c1-16-13(11-5-2-3-6-11)10-15-17-14(18-20-15)9-12-7-4-8-19-12/h11-13,16H,2-10H2,1H3. The Morgan fingerprint density at radius 3 is 2.80 bits per heavy atom. The summed E-state index contributed by atoms with van der Waals surface area (Å²) in [7, 11) is 2.03. The molecule has 1 aliphatic carbocycles. The molecule has 1 saturated carbocycles. The van der Waals surface area contributed by atoms with E-state index in [9.17, 15) is 0 Å². The third kappa shape index (κ3) is 3.38. The molecule has 1 aromatic rings. The summed E-state index contributed by atoms with van der Waals surface area (Å²) in [5.41, 5.74) is 0. The van der Waals surface area contributed by atoms with E-state index in [4.69, 9.17) is 9.26 Å². The fourth-order valence-corrected chi connectivity index (χ4v) is 3.52. The molecule has 1 aliphatic heterocycles. The minimum Gasteiger partial charge on any atom is -0.378 e. The fourth-order valence-electron chi connectivity index (χ4n) is 3.52. The molecule has 112 valence electrons. The van der Waals surface area contributed by atoms with Gasteiger partial charge in [0.2, 0.25) is 5.89 Å². The minimum atomic E-state index is 0.287. The number of ether oxygens (including phenoxy) is 1. The third-order valence-corrected chi connectivity index (χ3v) is 4.68. The van der Waals surface area contributed by atoms with Crippen LogP contribution >= 0.6 is 0 Å². The van der Waals surface area contributed by atoms with Crippen LogP contribution in [-0.4, -0.2) is 35.9 Å². The monoisotopic (exact) mass is 279 g/mol. The maximum absolute atomic E-state index is 5.62. The lowest BCUT2D eigenvalue weighted by molar-refractivity contribution is 0.109. The lowest BCUT2D eigenvalue weighted by atomic mass is 9.95. The molecule has 2 unspecified atom stereocenters. The molecule has 0 aromatic carbocycles. The molecule has 5 nitrogen and oxygen atoms in total. The van der Waals surface area contributed by atoms with Crippen molar-refractivity contribution in [2.45, 2.75) is 63.5 Å². The van der Waals surface area contributed by atoms with Gasteiger partial charge in [0.1, 0.15) is 0 Å². The second-order valence-corrected chi connectivity index (χ2v) is 6.09. The second kappa shape index (κ2) is 6.68. The summed E-state index contributed by atoms with van der Waals surface area (Å²) in [4.78, 5) is 4.54. The average Bonchev–Trinajstić information content (AvgIpc) is 3.19. The first-order chi connectivity index (χ1) is 9.85. The molecule has 2 atom stereocenters. The SMILES string of the molecule is CNC(Cc1nc(CC2CCCO2)no1)C1CCCC1. The van der Waals surface area contributed by atoms with Crippen molar-refractivity contribution < 1.29 is 9.26 Å². The van der Waals surface area contributed by atoms with Crippen molar-refractivity contribution in [2.24, 2.45) is 5.92 Å². The first kappa shape index (κ1) is 14.0. The molecule has 5 heteroatoms. The van der Waals surface area contributed by atoms with Gasteiger partial charge in [0, 0.05) is 25.5 Å². The van der Waals surface area contributed by atoms with E-state index in [0.717, 1.165) is 49.9 Å². The number of rotatable bonds is 6. The zero-order valence-corrected chi connectivity index (χ0v) is 12.3. The Balaban J connectivity index is 1.55. The number of hydrogen-bond donors (Lipinski definition) is 1. The molecule has 1 aromatic heterocycles. The van der Waals surface area contributed by atoms with Crippen molar-refractivity contribution in [3.8, 4) is 0 Å². The highest BCUT2D eigenvalue weighted by molar-refractivity contribution is 4.94. The van der Waals surface area contributed by atoms with Gasteiger partial charge in [0.15, 0.2) is 5.82 Å². The summed E-state index contributed by atoms with van der Waals surface area (Å²) in [5, 5.41) is 7.52. The normalized spacial score (nSPS) is 25.4. The molecule has 20 heavy (non-hydrogen) atoms. The number of aromatic nitrogens is 2. The first-order valence-electron chi connectivity index (χ1n) is 7.95. The lowest BCUT2D eigenvalue weighted by Crippen LogP contribution is -2.34. The molecule has 0 amide bonds. The Hall–Kier alpha value is -0.940. The van der Waals surface area contributed by atoms with Gasteiger partial charge in [-0.1, -0.05) is 18.0 Å². The first-order valence-corrected chi connectivity index (χ1v) is 7.95.